The average molecular weight is 510 g/mol. The topological polar surface area (TPSA) is 114 Å². The van der Waals surface area contributed by atoms with E-state index in [4.69, 9.17) is 4.74 Å². The van der Waals surface area contributed by atoms with Gasteiger partial charge in [-0.15, -0.1) is 11.3 Å². The minimum atomic E-state index is -0.724. The van der Waals surface area contributed by atoms with Crippen molar-refractivity contribution in [1.82, 2.24) is 14.9 Å². The third-order valence-electron chi connectivity index (χ3n) is 5.97. The number of thiazole rings is 1. The number of carbonyl (C=O) groups excluding carboxylic acids is 3. The number of pyridine rings is 1. The molecular formula is C26H31N5O4S. The first-order valence-electron chi connectivity index (χ1n) is 11.9. The van der Waals surface area contributed by atoms with Gasteiger partial charge in [-0.25, -0.2) is 14.8 Å². The van der Waals surface area contributed by atoms with E-state index in [1.54, 1.807) is 55.5 Å². The van der Waals surface area contributed by atoms with E-state index in [0.717, 1.165) is 28.6 Å². The molecule has 2 unspecified atom stereocenters. The first-order valence-corrected chi connectivity index (χ1v) is 12.8. The van der Waals surface area contributed by atoms with Crippen LogP contribution in [0.15, 0.2) is 36.0 Å². The van der Waals surface area contributed by atoms with Crippen molar-refractivity contribution in [2.45, 2.75) is 59.1 Å². The van der Waals surface area contributed by atoms with Gasteiger partial charge in [-0.05, 0) is 75.8 Å². The summed E-state index contributed by atoms with van der Waals surface area (Å²) < 4.78 is 6.34. The molecule has 1 aliphatic rings. The lowest BCUT2D eigenvalue weighted by Crippen LogP contribution is -2.46. The highest BCUT2D eigenvalue weighted by molar-refractivity contribution is 7.16. The molecular weight excluding hydrogens is 478 g/mol. The Morgan fingerprint density at radius 2 is 1.89 bits per heavy atom. The molecule has 1 aliphatic heterocycles. The monoisotopic (exact) mass is 509 g/mol. The van der Waals surface area contributed by atoms with Gasteiger partial charge in [-0.1, -0.05) is 13.0 Å². The Morgan fingerprint density at radius 3 is 2.61 bits per heavy atom. The molecule has 2 N–H and O–H groups in total. The predicted octanol–water partition coefficient (Wildman–Crippen LogP) is 5.29. The van der Waals surface area contributed by atoms with Crippen LogP contribution in [-0.4, -0.2) is 44.9 Å². The van der Waals surface area contributed by atoms with Gasteiger partial charge in [0.25, 0.3) is 0 Å². The lowest BCUT2D eigenvalue weighted by molar-refractivity contribution is -0.146. The van der Waals surface area contributed by atoms with Crippen LogP contribution in [-0.2, 0) is 14.3 Å². The largest absolute Gasteiger partial charge is 0.444 e. The van der Waals surface area contributed by atoms with Crippen molar-refractivity contribution in [3.63, 3.8) is 0 Å². The van der Waals surface area contributed by atoms with Gasteiger partial charge in [-0.2, -0.15) is 0 Å². The number of anilines is 2. The number of nitrogens with one attached hydrogen (secondary N) is 2. The second-order valence-electron chi connectivity index (χ2n) is 10.2. The van der Waals surface area contributed by atoms with Gasteiger partial charge < -0.3 is 15.0 Å². The first-order chi connectivity index (χ1) is 17.0. The molecule has 1 saturated heterocycles. The molecule has 4 rings (SSSR count). The fraction of sp³-hybridized carbons (Fsp3) is 0.423. The van der Waals surface area contributed by atoms with Crippen molar-refractivity contribution in [3.8, 4) is 0 Å². The molecule has 3 aromatic rings. The van der Waals surface area contributed by atoms with Crippen molar-refractivity contribution < 1.29 is 19.1 Å². The quantitative estimate of drug-likeness (QED) is 0.464. The zero-order chi connectivity index (χ0) is 26.0. The average Bonchev–Trinajstić information content (AvgIpc) is 3.27. The maximum atomic E-state index is 13.3. The van der Waals surface area contributed by atoms with Crippen LogP contribution in [0.25, 0.3) is 10.2 Å². The Morgan fingerprint density at radius 1 is 1.11 bits per heavy atom. The summed E-state index contributed by atoms with van der Waals surface area (Å²) in [6, 6.07) is 7.50. The normalized spacial score (nSPS) is 18.1. The number of benzene rings is 1. The Hall–Kier alpha value is -3.53. The van der Waals surface area contributed by atoms with Gasteiger partial charge in [0.1, 0.15) is 11.4 Å². The number of aromatic nitrogens is 2. The Balaban J connectivity index is 1.46. The highest BCUT2D eigenvalue weighted by atomic mass is 32.1. The fourth-order valence-corrected chi connectivity index (χ4v) is 4.95. The van der Waals surface area contributed by atoms with E-state index >= 15 is 0 Å². The smallest absolute Gasteiger partial charge is 0.413 e. The summed E-state index contributed by atoms with van der Waals surface area (Å²) in [5.41, 5.74) is 4.03. The number of amides is 3. The van der Waals surface area contributed by atoms with Crippen molar-refractivity contribution in [2.75, 3.05) is 17.2 Å². The Labute approximate surface area is 214 Å². The highest BCUT2D eigenvalue weighted by Gasteiger charge is 2.34. The molecule has 36 heavy (non-hydrogen) atoms. The zero-order valence-corrected chi connectivity index (χ0v) is 21.9. The summed E-state index contributed by atoms with van der Waals surface area (Å²) in [4.78, 5) is 48.6. The summed E-state index contributed by atoms with van der Waals surface area (Å²) in [6.07, 6.45) is 2.53. The number of piperidine rings is 1. The number of rotatable bonds is 3. The molecule has 0 aliphatic carbocycles. The summed E-state index contributed by atoms with van der Waals surface area (Å²) in [5, 5.41) is 5.26. The minimum Gasteiger partial charge on any atom is -0.444 e. The summed E-state index contributed by atoms with van der Waals surface area (Å²) in [6.45, 7) is 9.65. The number of nitrogens with zero attached hydrogens (tertiary/aromatic N) is 3. The molecule has 0 spiro atoms. The van der Waals surface area contributed by atoms with Gasteiger partial charge in [0.05, 0.1) is 33.7 Å². The Bertz CT molecular complexity index is 1300. The Kier molecular flexibility index (Phi) is 7.26. The van der Waals surface area contributed by atoms with Crippen molar-refractivity contribution in [2.24, 2.45) is 5.92 Å². The lowest BCUT2D eigenvalue weighted by atomic mass is 9.89. The molecule has 1 fully saturated rings. The molecule has 2 aromatic heterocycles. The zero-order valence-electron chi connectivity index (χ0n) is 21.1. The van der Waals surface area contributed by atoms with E-state index in [-0.39, 0.29) is 6.04 Å². The number of fused-ring (bicyclic) bond motifs is 1. The van der Waals surface area contributed by atoms with Crippen LogP contribution in [0.3, 0.4) is 0 Å². The number of likely N-dealkylation sites (tertiary alicyclic amines) is 1. The van der Waals surface area contributed by atoms with Crippen LogP contribution < -0.4 is 10.6 Å². The molecule has 9 nitrogen and oxygen atoms in total. The number of hydrogen-bond donors (Lipinski definition) is 2. The molecule has 3 heterocycles. The predicted molar refractivity (Wildman–Crippen MR) is 140 cm³/mol. The minimum absolute atomic E-state index is 0.189. The van der Waals surface area contributed by atoms with Gasteiger partial charge in [-0.3, -0.25) is 14.9 Å². The fourth-order valence-electron chi connectivity index (χ4n) is 4.30. The number of carbonyl (C=O) groups is 3. The van der Waals surface area contributed by atoms with E-state index in [1.807, 2.05) is 18.2 Å². The molecule has 1 aromatic carbocycles. The maximum absolute atomic E-state index is 13.3. The second kappa shape index (κ2) is 10.2. The standard InChI is InChI=1S/C26H31N5O4S/c1-15-6-8-20(17-7-9-21-19(11-17)28-14-36-21)31(13-15)24(33)23(32)29-18-10-16(2)22(27-12-18)30-25(34)35-26(3,4)5/h7,9-12,14-15,20H,6,8,13H2,1-5H3,(H,29,32)(H,27,30,34). The lowest BCUT2D eigenvalue weighted by Gasteiger charge is -2.38. The molecule has 0 radical (unpaired) electrons. The third-order valence-corrected chi connectivity index (χ3v) is 6.78. The van der Waals surface area contributed by atoms with Crippen molar-refractivity contribution in [3.05, 3.63) is 47.1 Å². The maximum Gasteiger partial charge on any atom is 0.413 e. The van der Waals surface area contributed by atoms with Crippen LogP contribution in [0.1, 0.15) is 57.7 Å². The molecule has 2 atom stereocenters. The van der Waals surface area contributed by atoms with Gasteiger partial charge in [0.2, 0.25) is 0 Å². The summed E-state index contributed by atoms with van der Waals surface area (Å²) >= 11 is 1.57. The number of ether oxygens (including phenoxy) is 1. The van der Waals surface area contributed by atoms with Crippen LogP contribution >= 0.6 is 11.3 Å². The first kappa shape index (κ1) is 25.6. The van der Waals surface area contributed by atoms with Crippen molar-refractivity contribution >= 4 is 51.0 Å². The van der Waals surface area contributed by atoms with E-state index in [0.29, 0.717) is 29.5 Å². The molecule has 190 valence electrons. The molecule has 3 amide bonds. The van der Waals surface area contributed by atoms with E-state index in [2.05, 4.69) is 27.5 Å². The SMILES string of the molecule is Cc1cc(NC(=O)C(=O)N2CC(C)CCC2c2ccc3scnc3c2)cnc1NC(=O)OC(C)(C)C. The molecule has 10 heteroatoms. The number of hydrogen-bond acceptors (Lipinski definition) is 7. The number of aryl methyl sites for hydroxylation is 1. The van der Waals surface area contributed by atoms with Crippen molar-refractivity contribution in [1.29, 1.82) is 0 Å². The van der Waals surface area contributed by atoms with Crippen LogP contribution in [0, 0.1) is 12.8 Å². The third kappa shape index (κ3) is 5.99. The van der Waals surface area contributed by atoms with Gasteiger partial charge >= 0.3 is 17.9 Å². The van der Waals surface area contributed by atoms with Crippen LogP contribution in [0.5, 0.6) is 0 Å². The molecule has 0 bridgehead atoms. The van der Waals surface area contributed by atoms with Gasteiger partial charge in [0, 0.05) is 6.54 Å². The highest BCUT2D eigenvalue weighted by Crippen LogP contribution is 2.35. The van der Waals surface area contributed by atoms with E-state index in [9.17, 15) is 14.4 Å². The van der Waals surface area contributed by atoms with Crippen LogP contribution in [0.4, 0.5) is 16.3 Å². The summed E-state index contributed by atoms with van der Waals surface area (Å²) in [5.74, 6) is -0.699. The van der Waals surface area contributed by atoms with Gasteiger partial charge in [0.15, 0.2) is 0 Å². The van der Waals surface area contributed by atoms with Crippen LogP contribution in [0.2, 0.25) is 0 Å². The van der Waals surface area contributed by atoms with E-state index in [1.165, 1.54) is 6.20 Å². The van der Waals surface area contributed by atoms with E-state index < -0.39 is 23.5 Å². The second-order valence-corrected chi connectivity index (χ2v) is 11.1. The summed E-state index contributed by atoms with van der Waals surface area (Å²) in [7, 11) is 0. The molecule has 0 saturated carbocycles.